The molecule has 0 radical (unpaired) electrons. The van der Waals surface area contributed by atoms with Crippen molar-refractivity contribution in [1.29, 1.82) is 0 Å². The number of hydrogen-bond donors (Lipinski definition) is 0. The molecule has 0 heterocycles. The molecule has 0 aromatic rings. The Labute approximate surface area is 212 Å². The van der Waals surface area contributed by atoms with E-state index in [1.165, 1.54) is 37.6 Å². The number of hydrogen-bond acceptors (Lipinski definition) is 3. The van der Waals surface area contributed by atoms with Gasteiger partial charge in [-0.25, -0.2) is 12.8 Å². The Morgan fingerprint density at radius 2 is 0.974 bits per heavy atom. The van der Waals surface area contributed by atoms with E-state index in [-0.39, 0.29) is 12.8 Å². The molecule has 0 saturated carbocycles. The van der Waals surface area contributed by atoms with Gasteiger partial charge in [0.2, 0.25) is 0 Å². The zero-order valence-corrected chi connectivity index (χ0v) is 22.0. The second-order valence-electron chi connectivity index (χ2n) is 8.46. The van der Waals surface area contributed by atoms with Crippen LogP contribution in [0, 0.1) is 0 Å². The number of nitrogens with zero attached hydrogens (tertiary/aromatic N) is 1. The summed E-state index contributed by atoms with van der Waals surface area (Å²) in [6.07, 6.45) is -6.48. The standard InChI is InChI=1S/C12H13F13O3S.C8H20N/c1-2-3-4-5-6(13)7(14,15)8(16,17)9(18,19)10(20,21)11(22,23)12(24,25)29(26,27)28;1-5-9(6-2,7-3)8-4/h6H,2-5H2,1H3,(H,26,27,28);5-8H2,1-4H3/q;+1/p-1. The molecule has 0 fully saturated rings. The van der Waals surface area contributed by atoms with Crippen molar-refractivity contribution in [2.45, 2.75) is 101 Å². The first-order chi connectivity index (χ1) is 16.7. The van der Waals surface area contributed by atoms with Gasteiger partial charge in [-0.05, 0) is 34.1 Å². The average molecular weight is 614 g/mol. The Bertz CT molecular complexity index is 815. The van der Waals surface area contributed by atoms with E-state index in [1.54, 1.807) is 0 Å². The van der Waals surface area contributed by atoms with Gasteiger partial charge in [-0.3, -0.25) is 0 Å². The van der Waals surface area contributed by atoms with Crippen LogP contribution in [-0.2, 0) is 10.1 Å². The zero-order valence-electron chi connectivity index (χ0n) is 21.2. The molecule has 0 aromatic carbocycles. The highest BCUT2D eigenvalue weighted by Crippen LogP contribution is 2.61. The maximum Gasteiger partial charge on any atom is 0.402 e. The Kier molecular flexibility index (Phi) is 13.5. The quantitative estimate of drug-likeness (QED) is 0.0857. The number of quaternary nitrogens is 1. The van der Waals surface area contributed by atoms with E-state index < -0.39 is 64.0 Å². The molecule has 4 nitrogen and oxygen atoms in total. The predicted octanol–water partition coefficient (Wildman–Crippen LogP) is 7.10. The molecule has 1 atom stereocenters. The molecule has 0 rings (SSSR count). The van der Waals surface area contributed by atoms with E-state index in [0.29, 0.717) is 0 Å². The molecular formula is C20H32F13NO3S. The Morgan fingerprint density at radius 1 is 0.632 bits per heavy atom. The van der Waals surface area contributed by atoms with Gasteiger partial charge in [-0.2, -0.15) is 52.7 Å². The van der Waals surface area contributed by atoms with Gasteiger partial charge in [-0.1, -0.05) is 26.2 Å². The summed E-state index contributed by atoms with van der Waals surface area (Å²) in [4.78, 5) is 0. The number of halogens is 13. The third-order valence-corrected chi connectivity index (χ3v) is 7.30. The lowest BCUT2D eigenvalue weighted by molar-refractivity contribution is -0.921. The van der Waals surface area contributed by atoms with Crippen LogP contribution in [0.3, 0.4) is 0 Å². The zero-order chi connectivity index (χ0) is 31.2. The molecule has 0 spiro atoms. The third kappa shape index (κ3) is 6.99. The van der Waals surface area contributed by atoms with E-state index in [4.69, 9.17) is 0 Å². The molecule has 0 aliphatic rings. The van der Waals surface area contributed by atoms with Gasteiger partial charge in [0.05, 0.1) is 26.2 Å². The van der Waals surface area contributed by atoms with Crippen LogP contribution >= 0.6 is 0 Å². The number of unbranched alkanes of at least 4 members (excludes halogenated alkanes) is 2. The van der Waals surface area contributed by atoms with Crippen molar-refractivity contribution in [2.24, 2.45) is 0 Å². The van der Waals surface area contributed by atoms with E-state index >= 15 is 0 Å². The Balaban J connectivity index is 0. The fourth-order valence-corrected chi connectivity index (χ4v) is 3.68. The molecular weight excluding hydrogens is 581 g/mol. The fourth-order valence-electron chi connectivity index (χ4n) is 3.24. The van der Waals surface area contributed by atoms with Gasteiger partial charge in [0.25, 0.3) is 0 Å². The van der Waals surface area contributed by atoms with Gasteiger partial charge in [0.15, 0.2) is 16.3 Å². The van der Waals surface area contributed by atoms with E-state index in [0.717, 1.165) is 0 Å². The summed E-state index contributed by atoms with van der Waals surface area (Å²) in [5.41, 5.74) is 0. The highest BCUT2D eigenvalue weighted by molar-refractivity contribution is 7.86. The maximum absolute atomic E-state index is 13.4. The molecule has 0 aromatic heterocycles. The van der Waals surface area contributed by atoms with Crippen molar-refractivity contribution < 1.29 is 74.5 Å². The molecule has 38 heavy (non-hydrogen) atoms. The topological polar surface area (TPSA) is 57.2 Å². The normalized spacial score (nSPS) is 15.7. The molecule has 0 N–H and O–H groups in total. The minimum absolute atomic E-state index is 0.111. The van der Waals surface area contributed by atoms with Crippen LogP contribution in [0.1, 0.15) is 60.3 Å². The monoisotopic (exact) mass is 613 g/mol. The van der Waals surface area contributed by atoms with Crippen LogP contribution in [-0.4, -0.2) is 84.7 Å². The SMILES string of the molecule is CCCCCC(F)C(F)(F)C(F)(F)C(F)(F)C(F)(F)C(F)(F)C(F)(F)S(=O)(=O)[O-].CC[N+](CC)(CC)CC. The van der Waals surface area contributed by atoms with Gasteiger partial charge in [0.1, 0.15) is 0 Å². The molecule has 0 aliphatic heterocycles. The first kappa shape index (κ1) is 39.1. The van der Waals surface area contributed by atoms with Crippen LogP contribution in [0.5, 0.6) is 0 Å². The lowest BCUT2D eigenvalue weighted by Gasteiger charge is -2.42. The highest BCUT2D eigenvalue weighted by Gasteiger charge is 2.91. The second-order valence-corrected chi connectivity index (χ2v) is 9.88. The van der Waals surface area contributed by atoms with Crippen molar-refractivity contribution in [1.82, 2.24) is 0 Å². The van der Waals surface area contributed by atoms with Gasteiger partial charge < -0.3 is 9.04 Å². The third-order valence-electron chi connectivity index (χ3n) is 6.42. The summed E-state index contributed by atoms with van der Waals surface area (Å²) in [7, 11) is -7.87. The molecule has 0 bridgehead atoms. The molecule has 0 amide bonds. The summed E-state index contributed by atoms with van der Waals surface area (Å²) in [6, 6.07) is 0. The van der Waals surface area contributed by atoms with Crippen molar-refractivity contribution in [3.8, 4) is 0 Å². The summed E-state index contributed by atoms with van der Waals surface area (Å²) in [5, 5.41) is -7.62. The van der Waals surface area contributed by atoms with Crippen LogP contribution in [0.4, 0.5) is 57.1 Å². The van der Waals surface area contributed by atoms with Crippen molar-refractivity contribution in [3.63, 3.8) is 0 Å². The van der Waals surface area contributed by atoms with Gasteiger partial charge in [0, 0.05) is 0 Å². The van der Waals surface area contributed by atoms with Crippen molar-refractivity contribution in [3.05, 3.63) is 0 Å². The fraction of sp³-hybridized carbons (Fsp3) is 1.00. The Morgan fingerprint density at radius 3 is 1.24 bits per heavy atom. The number of rotatable bonds is 15. The molecule has 232 valence electrons. The smallest absolute Gasteiger partial charge is 0.402 e. The van der Waals surface area contributed by atoms with Crippen LogP contribution in [0.25, 0.3) is 0 Å². The van der Waals surface area contributed by atoms with Crippen LogP contribution < -0.4 is 0 Å². The molecule has 18 heteroatoms. The highest BCUT2D eigenvalue weighted by atomic mass is 32.2. The minimum Gasteiger partial charge on any atom is -0.743 e. The first-order valence-electron chi connectivity index (χ1n) is 11.4. The van der Waals surface area contributed by atoms with Crippen molar-refractivity contribution in [2.75, 3.05) is 26.2 Å². The van der Waals surface area contributed by atoms with Crippen LogP contribution in [0.15, 0.2) is 0 Å². The molecule has 0 saturated heterocycles. The summed E-state index contributed by atoms with van der Waals surface area (Å²) >= 11 is 0. The minimum atomic E-state index is -8.24. The lowest BCUT2D eigenvalue weighted by Crippen LogP contribution is -2.72. The summed E-state index contributed by atoms with van der Waals surface area (Å²) in [6.45, 7) is 15.6. The van der Waals surface area contributed by atoms with Crippen LogP contribution in [0.2, 0.25) is 0 Å². The average Bonchev–Trinajstić information content (AvgIpc) is 2.80. The van der Waals surface area contributed by atoms with Gasteiger partial charge >= 0.3 is 34.9 Å². The predicted molar refractivity (Wildman–Crippen MR) is 111 cm³/mol. The van der Waals surface area contributed by atoms with E-state index in [1.807, 2.05) is 0 Å². The van der Waals surface area contributed by atoms with E-state index in [9.17, 15) is 70.0 Å². The second kappa shape index (κ2) is 13.1. The first-order valence-corrected chi connectivity index (χ1v) is 12.8. The summed E-state index contributed by atoms with van der Waals surface area (Å²) < 4.78 is 204. The van der Waals surface area contributed by atoms with E-state index in [2.05, 4.69) is 27.7 Å². The largest absolute Gasteiger partial charge is 0.743 e. The Hall–Kier alpha value is -1.04. The van der Waals surface area contributed by atoms with Gasteiger partial charge in [-0.15, -0.1) is 0 Å². The molecule has 0 aliphatic carbocycles. The molecule has 1 unspecified atom stereocenters. The lowest BCUT2D eigenvalue weighted by atomic mass is 9.91. The summed E-state index contributed by atoms with van der Waals surface area (Å²) in [5.74, 6) is -38.9. The maximum atomic E-state index is 13.4. The number of alkyl halides is 13. The van der Waals surface area contributed by atoms with Crippen molar-refractivity contribution >= 4 is 10.1 Å².